The largest absolute Gasteiger partial charge is 0.381 e. The van der Waals surface area contributed by atoms with Gasteiger partial charge in [-0.05, 0) is 37.7 Å². The predicted octanol–water partition coefficient (Wildman–Crippen LogP) is 3.17. The minimum absolute atomic E-state index is 0.214. The number of anilines is 2. The van der Waals surface area contributed by atoms with Crippen molar-refractivity contribution in [1.29, 1.82) is 0 Å². The lowest BCUT2D eigenvalue weighted by Gasteiger charge is -2.22. The van der Waals surface area contributed by atoms with Gasteiger partial charge in [0.15, 0.2) is 0 Å². The SMILES string of the molecule is C=O.CNc1cc(-c2cncc(NCC3CCOCC3)n2)c(Cl)cn1.O=C1CCCCN1. The van der Waals surface area contributed by atoms with Crippen LogP contribution in [0.1, 0.15) is 32.1 Å². The summed E-state index contributed by atoms with van der Waals surface area (Å²) in [5.41, 5.74) is 1.54. The highest BCUT2D eigenvalue weighted by atomic mass is 35.5. The molecule has 2 aliphatic heterocycles. The lowest BCUT2D eigenvalue weighted by atomic mass is 10.0. The van der Waals surface area contributed by atoms with E-state index in [9.17, 15) is 4.79 Å². The van der Waals surface area contributed by atoms with Crippen molar-refractivity contribution in [3.8, 4) is 11.3 Å². The quantitative estimate of drug-likeness (QED) is 0.620. The summed E-state index contributed by atoms with van der Waals surface area (Å²) < 4.78 is 5.38. The molecule has 0 aromatic carbocycles. The van der Waals surface area contributed by atoms with Crippen LogP contribution in [0.5, 0.6) is 0 Å². The van der Waals surface area contributed by atoms with Gasteiger partial charge in [-0.2, -0.15) is 0 Å². The zero-order chi connectivity index (χ0) is 23.2. The third-order valence-electron chi connectivity index (χ3n) is 5.09. The minimum Gasteiger partial charge on any atom is -0.381 e. The van der Waals surface area contributed by atoms with E-state index in [0.717, 1.165) is 81.3 Å². The van der Waals surface area contributed by atoms with Crippen molar-refractivity contribution in [3.05, 3.63) is 29.7 Å². The molecule has 0 bridgehead atoms. The van der Waals surface area contributed by atoms with E-state index < -0.39 is 0 Å². The highest BCUT2D eigenvalue weighted by molar-refractivity contribution is 6.33. The summed E-state index contributed by atoms with van der Waals surface area (Å²) in [7, 11) is 1.82. The first-order valence-corrected chi connectivity index (χ1v) is 11.1. The summed E-state index contributed by atoms with van der Waals surface area (Å²) in [5.74, 6) is 2.33. The van der Waals surface area contributed by atoms with E-state index in [1.807, 2.05) is 19.9 Å². The molecule has 0 atom stereocenters. The van der Waals surface area contributed by atoms with E-state index >= 15 is 0 Å². The van der Waals surface area contributed by atoms with Gasteiger partial charge in [0, 0.05) is 51.5 Å². The standard InChI is InChI=1S/C16H20ClN5O.C5H9NO.CH2O/c1-18-15-6-12(13(17)8-21-15)14-9-19-10-16(22-14)20-7-11-2-4-23-5-3-11;7-5-3-1-2-4-6-5;1-2/h6,8-11H,2-5,7H2,1H3,(H,18,21)(H,20,22);1-4H2,(H,6,7);1H2. The summed E-state index contributed by atoms with van der Waals surface area (Å²) >= 11 is 6.25. The Morgan fingerprint density at radius 3 is 2.59 bits per heavy atom. The zero-order valence-corrected chi connectivity index (χ0v) is 19.2. The Kier molecular flexibility index (Phi) is 11.4. The lowest BCUT2D eigenvalue weighted by molar-refractivity contribution is -0.122. The van der Waals surface area contributed by atoms with E-state index in [1.54, 1.807) is 18.6 Å². The first-order chi connectivity index (χ1) is 15.7. The Morgan fingerprint density at radius 1 is 1.19 bits per heavy atom. The lowest BCUT2D eigenvalue weighted by Crippen LogP contribution is -2.28. The van der Waals surface area contributed by atoms with E-state index in [4.69, 9.17) is 21.1 Å². The van der Waals surface area contributed by atoms with Crippen molar-refractivity contribution in [1.82, 2.24) is 20.3 Å². The molecule has 4 heterocycles. The van der Waals surface area contributed by atoms with Crippen LogP contribution >= 0.6 is 11.6 Å². The van der Waals surface area contributed by atoms with E-state index in [2.05, 4.69) is 30.9 Å². The monoisotopic (exact) mass is 462 g/mol. The summed E-state index contributed by atoms with van der Waals surface area (Å²) in [6.07, 6.45) is 10.2. The van der Waals surface area contributed by atoms with Crippen molar-refractivity contribution in [2.45, 2.75) is 32.1 Å². The van der Waals surface area contributed by atoms with Gasteiger partial charge in [-0.1, -0.05) is 11.6 Å². The number of hydrogen-bond donors (Lipinski definition) is 3. The summed E-state index contributed by atoms with van der Waals surface area (Å²) in [5, 5.41) is 9.67. The molecule has 0 radical (unpaired) electrons. The van der Waals surface area contributed by atoms with Gasteiger partial charge in [0.05, 0.1) is 23.1 Å². The molecule has 3 N–H and O–H groups in total. The fourth-order valence-corrected chi connectivity index (χ4v) is 3.48. The van der Waals surface area contributed by atoms with Crippen molar-refractivity contribution in [3.63, 3.8) is 0 Å². The second kappa shape index (κ2) is 14.3. The molecule has 1 amide bonds. The minimum atomic E-state index is 0.214. The van der Waals surface area contributed by atoms with Crippen molar-refractivity contribution in [2.24, 2.45) is 5.92 Å². The maximum atomic E-state index is 10.4. The summed E-state index contributed by atoms with van der Waals surface area (Å²) in [6.45, 7) is 5.46. The number of nitrogens with zero attached hydrogens (tertiary/aromatic N) is 3. The second-order valence-electron chi connectivity index (χ2n) is 7.33. The van der Waals surface area contributed by atoms with Gasteiger partial charge >= 0.3 is 0 Å². The predicted molar refractivity (Wildman–Crippen MR) is 126 cm³/mol. The maximum absolute atomic E-state index is 10.4. The average molecular weight is 463 g/mol. The van der Waals surface area contributed by atoms with Gasteiger partial charge in [-0.15, -0.1) is 0 Å². The van der Waals surface area contributed by atoms with Gasteiger partial charge in [-0.3, -0.25) is 9.78 Å². The van der Waals surface area contributed by atoms with E-state index in [1.165, 1.54) is 0 Å². The molecule has 0 unspecified atom stereocenters. The number of halogens is 1. The normalized spacial score (nSPS) is 15.9. The third kappa shape index (κ3) is 8.39. The number of hydrogen-bond acceptors (Lipinski definition) is 8. The van der Waals surface area contributed by atoms with Gasteiger partial charge < -0.3 is 25.5 Å². The number of ether oxygens (including phenoxy) is 1. The molecule has 4 rings (SSSR count). The summed E-state index contributed by atoms with van der Waals surface area (Å²) in [6, 6.07) is 1.87. The smallest absolute Gasteiger partial charge is 0.219 e. The number of carbonyl (C=O) groups excluding carboxylic acids is 2. The summed E-state index contributed by atoms with van der Waals surface area (Å²) in [4.78, 5) is 31.4. The molecule has 0 saturated carbocycles. The highest BCUT2D eigenvalue weighted by Gasteiger charge is 2.14. The molecule has 2 aliphatic rings. The van der Waals surface area contributed by atoms with Crippen LogP contribution in [0.3, 0.4) is 0 Å². The number of rotatable bonds is 5. The molecule has 2 aromatic rings. The molecule has 10 heteroatoms. The Hall–Kier alpha value is -2.78. The van der Waals surface area contributed by atoms with Gasteiger partial charge in [0.2, 0.25) is 5.91 Å². The average Bonchev–Trinajstić information content (AvgIpc) is 2.86. The third-order valence-corrected chi connectivity index (χ3v) is 5.39. The van der Waals surface area contributed by atoms with Crippen LogP contribution in [0.15, 0.2) is 24.7 Å². The fourth-order valence-electron chi connectivity index (χ4n) is 3.28. The molecule has 2 saturated heterocycles. The molecule has 174 valence electrons. The van der Waals surface area contributed by atoms with Crippen LogP contribution in [0.4, 0.5) is 11.6 Å². The fraction of sp³-hybridized carbons (Fsp3) is 0.500. The molecule has 9 nitrogen and oxygen atoms in total. The number of piperidine rings is 1. The van der Waals surface area contributed by atoms with Gasteiger partial charge in [0.25, 0.3) is 0 Å². The molecular formula is C22H31ClN6O3. The first-order valence-electron chi connectivity index (χ1n) is 10.7. The van der Waals surface area contributed by atoms with Crippen LogP contribution in [0.2, 0.25) is 5.02 Å². The van der Waals surface area contributed by atoms with Crippen LogP contribution < -0.4 is 16.0 Å². The Labute approximate surface area is 193 Å². The second-order valence-corrected chi connectivity index (χ2v) is 7.74. The number of amides is 1. The van der Waals surface area contributed by atoms with Crippen LogP contribution in [0, 0.1) is 5.92 Å². The molecule has 0 aliphatic carbocycles. The van der Waals surface area contributed by atoms with Crippen LogP contribution in [-0.2, 0) is 14.3 Å². The van der Waals surface area contributed by atoms with Gasteiger partial charge in [-0.25, -0.2) is 9.97 Å². The van der Waals surface area contributed by atoms with E-state index in [0.29, 0.717) is 10.9 Å². The number of carbonyl (C=O) groups is 2. The van der Waals surface area contributed by atoms with Crippen molar-refractivity contribution in [2.75, 3.05) is 44.0 Å². The highest BCUT2D eigenvalue weighted by Crippen LogP contribution is 2.28. The topological polar surface area (TPSA) is 118 Å². The molecular weight excluding hydrogens is 432 g/mol. The Balaban J connectivity index is 0.000000340. The molecule has 2 fully saturated rings. The van der Waals surface area contributed by atoms with Crippen LogP contribution in [-0.4, -0.2) is 61.0 Å². The Bertz CT molecular complexity index is 840. The van der Waals surface area contributed by atoms with E-state index in [-0.39, 0.29) is 5.91 Å². The first kappa shape index (κ1) is 25.5. The number of aromatic nitrogens is 3. The van der Waals surface area contributed by atoms with Crippen LogP contribution in [0.25, 0.3) is 11.3 Å². The van der Waals surface area contributed by atoms with Crippen molar-refractivity contribution >= 4 is 35.9 Å². The van der Waals surface area contributed by atoms with Gasteiger partial charge in [0.1, 0.15) is 18.4 Å². The Morgan fingerprint density at radius 2 is 1.97 bits per heavy atom. The zero-order valence-electron chi connectivity index (χ0n) is 18.4. The number of nitrogens with one attached hydrogen (secondary N) is 3. The maximum Gasteiger partial charge on any atom is 0.219 e. The molecule has 32 heavy (non-hydrogen) atoms. The molecule has 0 spiro atoms. The molecule has 2 aromatic heterocycles. The number of pyridine rings is 1. The van der Waals surface area contributed by atoms with Crippen molar-refractivity contribution < 1.29 is 14.3 Å².